The number of carbonyl (C=O) groups excluding carboxylic acids is 1. The minimum absolute atomic E-state index is 0.115. The largest absolute Gasteiger partial charge is 0.496 e. The zero-order chi connectivity index (χ0) is 19.1. The van der Waals surface area contributed by atoms with Crippen LogP contribution in [-0.2, 0) is 4.74 Å². The van der Waals surface area contributed by atoms with Crippen LogP contribution in [-0.4, -0.2) is 40.5 Å². The van der Waals surface area contributed by atoms with Crippen molar-refractivity contribution in [3.63, 3.8) is 0 Å². The van der Waals surface area contributed by atoms with E-state index in [0.717, 1.165) is 16.9 Å². The van der Waals surface area contributed by atoms with E-state index in [1.54, 1.807) is 6.07 Å². The minimum atomic E-state index is -0.520. The summed E-state index contributed by atoms with van der Waals surface area (Å²) in [6, 6.07) is 9.04. The van der Waals surface area contributed by atoms with Gasteiger partial charge in [-0.25, -0.2) is 4.79 Å². The molecule has 2 aromatic rings. The quantitative estimate of drug-likeness (QED) is 0.530. The first kappa shape index (κ1) is 19.4. The van der Waals surface area contributed by atoms with E-state index >= 15 is 0 Å². The van der Waals surface area contributed by atoms with Crippen molar-refractivity contribution in [2.24, 2.45) is 0 Å². The molecule has 0 N–H and O–H groups in total. The van der Waals surface area contributed by atoms with Crippen molar-refractivity contribution in [1.29, 1.82) is 0 Å². The molecule has 0 amide bonds. The molecule has 0 fully saturated rings. The van der Waals surface area contributed by atoms with Gasteiger partial charge >= 0.3 is 5.97 Å². The van der Waals surface area contributed by atoms with E-state index in [9.17, 15) is 4.79 Å². The highest BCUT2D eigenvalue weighted by atomic mass is 16.6. The van der Waals surface area contributed by atoms with E-state index in [-0.39, 0.29) is 18.8 Å². The molecule has 0 bridgehead atoms. The van der Waals surface area contributed by atoms with E-state index in [1.807, 2.05) is 32.0 Å². The normalized spacial score (nSPS) is 10.2. The van der Waals surface area contributed by atoms with Crippen LogP contribution in [0.5, 0.6) is 23.0 Å². The molecule has 0 saturated heterocycles. The van der Waals surface area contributed by atoms with Crippen molar-refractivity contribution >= 4 is 5.97 Å². The number of ether oxygens (including phenoxy) is 5. The average Bonchev–Trinajstić information content (AvgIpc) is 2.65. The molecule has 0 unspecified atom stereocenters. The number of hydrogen-bond acceptors (Lipinski definition) is 6. The SMILES string of the molecule is COc1cc(OC)c(C(=O)OCCOc2c(C)cccc2C)cc1OC. The van der Waals surface area contributed by atoms with Gasteiger partial charge in [-0.15, -0.1) is 0 Å². The highest BCUT2D eigenvalue weighted by molar-refractivity contribution is 5.93. The van der Waals surface area contributed by atoms with Crippen LogP contribution in [0, 0.1) is 13.8 Å². The van der Waals surface area contributed by atoms with Gasteiger partial charge in [0, 0.05) is 12.1 Å². The third-order valence-corrected chi connectivity index (χ3v) is 3.90. The standard InChI is InChI=1S/C20H24O6/c1-13-7-6-8-14(2)19(13)25-9-10-26-20(21)15-11-17(23-4)18(24-5)12-16(15)22-3/h6-8,11-12H,9-10H2,1-5H3. The van der Waals surface area contributed by atoms with Gasteiger partial charge in [0.1, 0.15) is 30.3 Å². The van der Waals surface area contributed by atoms with Crippen LogP contribution in [0.4, 0.5) is 0 Å². The van der Waals surface area contributed by atoms with Crippen LogP contribution in [0.25, 0.3) is 0 Å². The van der Waals surface area contributed by atoms with Gasteiger partial charge in [-0.3, -0.25) is 0 Å². The number of rotatable bonds is 8. The first-order chi connectivity index (χ1) is 12.5. The topological polar surface area (TPSA) is 63.2 Å². The Morgan fingerprint density at radius 3 is 2.00 bits per heavy atom. The molecule has 140 valence electrons. The van der Waals surface area contributed by atoms with Gasteiger partial charge in [0.05, 0.1) is 21.3 Å². The monoisotopic (exact) mass is 360 g/mol. The summed E-state index contributed by atoms with van der Waals surface area (Å²) in [6.45, 7) is 4.32. The summed E-state index contributed by atoms with van der Waals surface area (Å²) in [4.78, 5) is 12.4. The third-order valence-electron chi connectivity index (χ3n) is 3.90. The lowest BCUT2D eigenvalue weighted by Crippen LogP contribution is -2.14. The van der Waals surface area contributed by atoms with Crippen LogP contribution < -0.4 is 18.9 Å². The molecule has 0 aliphatic heterocycles. The fourth-order valence-corrected chi connectivity index (χ4v) is 2.57. The van der Waals surface area contributed by atoms with E-state index in [2.05, 4.69) is 0 Å². The summed E-state index contributed by atoms with van der Waals surface area (Å²) in [5.41, 5.74) is 2.34. The van der Waals surface area contributed by atoms with E-state index in [4.69, 9.17) is 23.7 Å². The molecule has 2 rings (SSSR count). The zero-order valence-corrected chi connectivity index (χ0v) is 15.8. The second kappa shape index (κ2) is 8.99. The molecule has 0 spiro atoms. The number of aryl methyl sites for hydroxylation is 2. The van der Waals surface area contributed by atoms with Crippen molar-refractivity contribution in [2.45, 2.75) is 13.8 Å². The predicted octanol–water partition coefficient (Wildman–Crippen LogP) is 3.57. The van der Waals surface area contributed by atoms with Gasteiger partial charge in [0.2, 0.25) is 0 Å². The molecule has 26 heavy (non-hydrogen) atoms. The number of para-hydroxylation sites is 1. The molecule has 0 aliphatic carbocycles. The van der Waals surface area contributed by atoms with Crippen molar-refractivity contribution in [3.8, 4) is 23.0 Å². The van der Waals surface area contributed by atoms with Gasteiger partial charge in [-0.05, 0) is 25.0 Å². The first-order valence-electron chi connectivity index (χ1n) is 8.18. The van der Waals surface area contributed by atoms with E-state index in [1.165, 1.54) is 27.4 Å². The van der Waals surface area contributed by atoms with E-state index in [0.29, 0.717) is 17.2 Å². The van der Waals surface area contributed by atoms with Crippen LogP contribution in [0.1, 0.15) is 21.5 Å². The van der Waals surface area contributed by atoms with Crippen molar-refractivity contribution in [1.82, 2.24) is 0 Å². The summed E-state index contributed by atoms with van der Waals surface area (Å²) in [6.07, 6.45) is 0. The lowest BCUT2D eigenvalue weighted by atomic mass is 10.1. The maximum atomic E-state index is 12.4. The third kappa shape index (κ3) is 4.39. The maximum absolute atomic E-state index is 12.4. The van der Waals surface area contributed by atoms with Crippen LogP contribution in [0.3, 0.4) is 0 Å². The Balaban J connectivity index is 2.01. The molecule has 0 saturated carbocycles. The number of methoxy groups -OCH3 is 3. The van der Waals surface area contributed by atoms with E-state index < -0.39 is 5.97 Å². The summed E-state index contributed by atoms with van der Waals surface area (Å²) < 4.78 is 26.7. The smallest absolute Gasteiger partial charge is 0.342 e. The highest BCUT2D eigenvalue weighted by Gasteiger charge is 2.19. The molecule has 0 radical (unpaired) electrons. The molecule has 0 aromatic heterocycles. The second-order valence-electron chi connectivity index (χ2n) is 5.61. The Bertz CT molecular complexity index is 749. The Labute approximate surface area is 153 Å². The molecule has 6 nitrogen and oxygen atoms in total. The van der Waals surface area contributed by atoms with Crippen LogP contribution >= 0.6 is 0 Å². The summed E-state index contributed by atoms with van der Waals surface area (Å²) in [5, 5.41) is 0. The lowest BCUT2D eigenvalue weighted by Gasteiger charge is -2.14. The summed E-state index contributed by atoms with van der Waals surface area (Å²) in [5.74, 6) is 1.54. The molecular weight excluding hydrogens is 336 g/mol. The van der Waals surface area contributed by atoms with Crippen LogP contribution in [0.15, 0.2) is 30.3 Å². The highest BCUT2D eigenvalue weighted by Crippen LogP contribution is 2.34. The van der Waals surface area contributed by atoms with Gasteiger partial charge in [-0.2, -0.15) is 0 Å². The van der Waals surface area contributed by atoms with Gasteiger partial charge in [0.25, 0.3) is 0 Å². The number of benzene rings is 2. The molecule has 6 heteroatoms. The minimum Gasteiger partial charge on any atom is -0.496 e. The Morgan fingerprint density at radius 2 is 1.42 bits per heavy atom. The predicted molar refractivity (Wildman–Crippen MR) is 97.8 cm³/mol. The molecule has 0 atom stereocenters. The second-order valence-corrected chi connectivity index (χ2v) is 5.61. The van der Waals surface area contributed by atoms with Gasteiger partial charge < -0.3 is 23.7 Å². The molecule has 2 aromatic carbocycles. The molecular formula is C20H24O6. The number of esters is 1. The first-order valence-corrected chi connectivity index (χ1v) is 8.18. The zero-order valence-electron chi connectivity index (χ0n) is 15.8. The Kier molecular flexibility index (Phi) is 6.72. The molecule has 0 heterocycles. The molecule has 0 aliphatic rings. The Morgan fingerprint density at radius 1 is 0.846 bits per heavy atom. The number of hydrogen-bond donors (Lipinski definition) is 0. The van der Waals surface area contributed by atoms with Crippen molar-refractivity contribution in [3.05, 3.63) is 47.0 Å². The van der Waals surface area contributed by atoms with Crippen molar-refractivity contribution in [2.75, 3.05) is 34.5 Å². The fourth-order valence-electron chi connectivity index (χ4n) is 2.57. The average molecular weight is 360 g/mol. The van der Waals surface area contributed by atoms with Crippen molar-refractivity contribution < 1.29 is 28.5 Å². The number of carbonyl (C=O) groups is 1. The summed E-state index contributed by atoms with van der Waals surface area (Å²) >= 11 is 0. The summed E-state index contributed by atoms with van der Waals surface area (Å²) in [7, 11) is 4.49. The lowest BCUT2D eigenvalue weighted by molar-refractivity contribution is 0.0446. The van der Waals surface area contributed by atoms with Crippen LogP contribution in [0.2, 0.25) is 0 Å². The fraction of sp³-hybridized carbons (Fsp3) is 0.350. The van der Waals surface area contributed by atoms with Gasteiger partial charge in [0.15, 0.2) is 11.5 Å². The van der Waals surface area contributed by atoms with Gasteiger partial charge in [-0.1, -0.05) is 18.2 Å². The maximum Gasteiger partial charge on any atom is 0.342 e. The Hall–Kier alpha value is -2.89.